The monoisotopic (exact) mass is 378 g/mol. The maximum Gasteiger partial charge on any atom is 0.183 e. The summed E-state index contributed by atoms with van der Waals surface area (Å²) in [6, 6.07) is 7.99. The molecule has 0 aromatic carbocycles. The van der Waals surface area contributed by atoms with Crippen LogP contribution in [0.2, 0.25) is 0 Å². The summed E-state index contributed by atoms with van der Waals surface area (Å²) in [4.78, 5) is 12.6. The molecule has 138 valence electrons. The molecule has 1 aliphatic heterocycles. The molecule has 3 aromatic rings. The SMILES string of the molecule is c1cc(-c2ccc(N3CC(CNc4nc5c(s4)CCCC5)C3)nn2)ccn1. The van der Waals surface area contributed by atoms with Gasteiger partial charge in [0.15, 0.2) is 10.9 Å². The van der Waals surface area contributed by atoms with Crippen LogP contribution in [-0.2, 0) is 12.8 Å². The Bertz CT molecular complexity index is 878. The molecule has 6 nitrogen and oxygen atoms in total. The van der Waals surface area contributed by atoms with Crippen molar-refractivity contribution in [3.05, 3.63) is 47.2 Å². The number of aromatic nitrogens is 4. The molecule has 2 aliphatic rings. The van der Waals surface area contributed by atoms with Crippen LogP contribution in [0, 0.1) is 5.92 Å². The minimum atomic E-state index is 0.632. The molecule has 0 spiro atoms. The summed E-state index contributed by atoms with van der Waals surface area (Å²) in [7, 11) is 0. The van der Waals surface area contributed by atoms with Crippen molar-refractivity contribution >= 4 is 22.3 Å². The number of anilines is 2. The van der Waals surface area contributed by atoms with Crippen molar-refractivity contribution in [1.82, 2.24) is 20.2 Å². The second-order valence-electron chi connectivity index (χ2n) is 7.26. The van der Waals surface area contributed by atoms with Crippen LogP contribution in [0.4, 0.5) is 10.9 Å². The predicted octanol–water partition coefficient (Wildman–Crippen LogP) is 3.42. The minimum absolute atomic E-state index is 0.632. The van der Waals surface area contributed by atoms with Crippen LogP contribution < -0.4 is 10.2 Å². The van der Waals surface area contributed by atoms with E-state index in [4.69, 9.17) is 4.98 Å². The van der Waals surface area contributed by atoms with E-state index >= 15 is 0 Å². The number of hydrogen-bond acceptors (Lipinski definition) is 7. The number of fused-ring (bicyclic) bond motifs is 1. The lowest BCUT2D eigenvalue weighted by Gasteiger charge is -2.39. The highest BCUT2D eigenvalue weighted by atomic mass is 32.1. The Morgan fingerprint density at radius 1 is 1.04 bits per heavy atom. The van der Waals surface area contributed by atoms with E-state index < -0.39 is 0 Å². The van der Waals surface area contributed by atoms with Crippen molar-refractivity contribution in [3.8, 4) is 11.3 Å². The Balaban J connectivity index is 1.13. The standard InChI is InChI=1S/C20H22N6S/c1-2-4-18-17(3-1)23-20(27-18)22-11-14-12-26(13-14)19-6-5-16(24-25-19)15-7-9-21-10-8-15/h5-10,14H,1-4,11-13H2,(H,22,23). The van der Waals surface area contributed by atoms with E-state index in [1.165, 1.54) is 29.8 Å². The van der Waals surface area contributed by atoms with E-state index in [1.807, 2.05) is 29.5 Å². The van der Waals surface area contributed by atoms with Crippen LogP contribution in [0.3, 0.4) is 0 Å². The lowest BCUT2D eigenvalue weighted by atomic mass is 10.0. The molecular formula is C20H22N6S. The largest absolute Gasteiger partial charge is 0.361 e. The number of nitrogens with one attached hydrogen (secondary N) is 1. The second-order valence-corrected chi connectivity index (χ2v) is 8.34. The highest BCUT2D eigenvalue weighted by molar-refractivity contribution is 7.15. The van der Waals surface area contributed by atoms with Gasteiger partial charge < -0.3 is 10.2 Å². The first-order chi connectivity index (χ1) is 13.3. The highest BCUT2D eigenvalue weighted by Crippen LogP contribution is 2.30. The van der Waals surface area contributed by atoms with Gasteiger partial charge in [0, 0.05) is 48.4 Å². The summed E-state index contributed by atoms with van der Waals surface area (Å²) >= 11 is 1.85. The summed E-state index contributed by atoms with van der Waals surface area (Å²) in [5.74, 6) is 1.58. The molecular weight excluding hydrogens is 356 g/mol. The van der Waals surface area contributed by atoms with E-state index in [-0.39, 0.29) is 0 Å². The number of aryl methyl sites for hydroxylation is 2. The topological polar surface area (TPSA) is 66.8 Å². The Labute approximate surface area is 162 Å². The maximum absolute atomic E-state index is 4.76. The fourth-order valence-electron chi connectivity index (χ4n) is 3.72. The van der Waals surface area contributed by atoms with Crippen molar-refractivity contribution in [2.24, 2.45) is 5.92 Å². The zero-order valence-corrected chi connectivity index (χ0v) is 16.0. The summed E-state index contributed by atoms with van der Waals surface area (Å²) < 4.78 is 0. The smallest absolute Gasteiger partial charge is 0.183 e. The van der Waals surface area contributed by atoms with Crippen molar-refractivity contribution in [2.45, 2.75) is 25.7 Å². The van der Waals surface area contributed by atoms with Crippen LogP contribution in [0.5, 0.6) is 0 Å². The molecule has 5 rings (SSSR count). The predicted molar refractivity (Wildman–Crippen MR) is 108 cm³/mol. The highest BCUT2D eigenvalue weighted by Gasteiger charge is 2.28. The molecule has 1 aliphatic carbocycles. The fraction of sp³-hybridized carbons (Fsp3) is 0.400. The number of rotatable bonds is 5. The van der Waals surface area contributed by atoms with Gasteiger partial charge in [-0.1, -0.05) is 0 Å². The summed E-state index contributed by atoms with van der Waals surface area (Å²) in [5.41, 5.74) is 3.25. The van der Waals surface area contributed by atoms with Gasteiger partial charge in [-0.05, 0) is 49.9 Å². The van der Waals surface area contributed by atoms with Gasteiger partial charge in [0.2, 0.25) is 0 Å². The molecule has 7 heteroatoms. The molecule has 1 N–H and O–H groups in total. The lowest BCUT2D eigenvalue weighted by molar-refractivity contribution is 0.425. The Hall–Kier alpha value is -2.54. The zero-order chi connectivity index (χ0) is 18.1. The fourth-order valence-corrected chi connectivity index (χ4v) is 4.77. The second kappa shape index (κ2) is 7.23. The molecule has 27 heavy (non-hydrogen) atoms. The quantitative estimate of drug-likeness (QED) is 0.734. The van der Waals surface area contributed by atoms with Gasteiger partial charge in [0.1, 0.15) is 0 Å². The number of thiazole rings is 1. The Morgan fingerprint density at radius 3 is 2.67 bits per heavy atom. The molecule has 0 radical (unpaired) electrons. The average molecular weight is 379 g/mol. The third-order valence-electron chi connectivity index (χ3n) is 5.30. The average Bonchev–Trinajstić information content (AvgIpc) is 3.11. The van der Waals surface area contributed by atoms with Crippen molar-refractivity contribution < 1.29 is 0 Å². The van der Waals surface area contributed by atoms with Gasteiger partial charge in [-0.3, -0.25) is 4.98 Å². The van der Waals surface area contributed by atoms with Crippen LogP contribution in [-0.4, -0.2) is 39.8 Å². The molecule has 0 bridgehead atoms. The van der Waals surface area contributed by atoms with E-state index in [2.05, 4.69) is 31.5 Å². The molecule has 0 amide bonds. The number of hydrogen-bond donors (Lipinski definition) is 1. The number of pyridine rings is 1. The molecule has 1 saturated heterocycles. The van der Waals surface area contributed by atoms with Crippen molar-refractivity contribution in [2.75, 3.05) is 29.9 Å². The molecule has 1 fully saturated rings. The van der Waals surface area contributed by atoms with Gasteiger partial charge in [-0.2, -0.15) is 0 Å². The van der Waals surface area contributed by atoms with E-state index in [0.29, 0.717) is 5.92 Å². The molecule has 0 atom stereocenters. The van der Waals surface area contributed by atoms with E-state index in [0.717, 1.165) is 48.3 Å². The summed E-state index contributed by atoms with van der Waals surface area (Å²) in [6.45, 7) is 3.01. The molecule has 4 heterocycles. The third kappa shape index (κ3) is 3.51. The number of nitrogens with zero attached hydrogens (tertiary/aromatic N) is 5. The lowest BCUT2D eigenvalue weighted by Crippen LogP contribution is -2.50. The Kier molecular flexibility index (Phi) is 4.45. The Morgan fingerprint density at radius 2 is 1.89 bits per heavy atom. The minimum Gasteiger partial charge on any atom is -0.361 e. The third-order valence-corrected chi connectivity index (χ3v) is 6.41. The molecule has 3 aromatic heterocycles. The van der Waals surface area contributed by atoms with Crippen LogP contribution in [0.25, 0.3) is 11.3 Å². The van der Waals surface area contributed by atoms with E-state index in [9.17, 15) is 0 Å². The van der Waals surface area contributed by atoms with Gasteiger partial charge in [-0.25, -0.2) is 4.98 Å². The summed E-state index contributed by atoms with van der Waals surface area (Å²) in [6.07, 6.45) is 8.51. The molecule has 0 saturated carbocycles. The normalized spacial score (nSPS) is 16.7. The zero-order valence-electron chi connectivity index (χ0n) is 15.1. The first-order valence-electron chi connectivity index (χ1n) is 9.57. The van der Waals surface area contributed by atoms with Crippen LogP contribution >= 0.6 is 11.3 Å². The van der Waals surface area contributed by atoms with Crippen molar-refractivity contribution in [3.63, 3.8) is 0 Å². The molecule has 0 unspecified atom stereocenters. The van der Waals surface area contributed by atoms with Gasteiger partial charge >= 0.3 is 0 Å². The van der Waals surface area contributed by atoms with Gasteiger partial charge in [-0.15, -0.1) is 21.5 Å². The van der Waals surface area contributed by atoms with Crippen LogP contribution in [0.1, 0.15) is 23.4 Å². The maximum atomic E-state index is 4.76. The van der Waals surface area contributed by atoms with Gasteiger partial charge in [0.25, 0.3) is 0 Å². The van der Waals surface area contributed by atoms with Gasteiger partial charge in [0.05, 0.1) is 11.4 Å². The first-order valence-corrected chi connectivity index (χ1v) is 10.4. The first kappa shape index (κ1) is 16.6. The van der Waals surface area contributed by atoms with E-state index in [1.54, 1.807) is 12.4 Å². The van der Waals surface area contributed by atoms with Crippen LogP contribution in [0.15, 0.2) is 36.7 Å². The summed E-state index contributed by atoms with van der Waals surface area (Å²) in [5, 5.41) is 13.4. The van der Waals surface area contributed by atoms with Crippen molar-refractivity contribution in [1.29, 1.82) is 0 Å².